The Balaban J connectivity index is 2.79. The Hall–Kier alpha value is -1.35. The number of nitrogens with zero attached hydrogens (tertiary/aromatic N) is 2. The summed E-state index contributed by atoms with van der Waals surface area (Å²) >= 11 is 0. The van der Waals surface area contributed by atoms with Crippen molar-refractivity contribution >= 4 is 5.82 Å². The van der Waals surface area contributed by atoms with Gasteiger partial charge in [0.15, 0.2) is 5.82 Å². The Morgan fingerprint density at radius 1 is 1.62 bits per heavy atom. The van der Waals surface area contributed by atoms with E-state index in [9.17, 15) is 5.21 Å². The lowest BCUT2D eigenvalue weighted by molar-refractivity contribution is 0.231. The molecule has 3 heteroatoms. The van der Waals surface area contributed by atoms with Gasteiger partial charge in [-0.2, -0.15) is 0 Å². The molecule has 3 nitrogen and oxygen atoms in total. The van der Waals surface area contributed by atoms with Gasteiger partial charge in [-0.3, -0.25) is 5.21 Å². The zero-order valence-electron chi connectivity index (χ0n) is 7.94. The number of rotatable bonds is 3. The van der Waals surface area contributed by atoms with Crippen LogP contribution in [0.3, 0.4) is 0 Å². The summed E-state index contributed by atoms with van der Waals surface area (Å²) < 4.78 is 0. The zero-order valence-corrected chi connectivity index (χ0v) is 7.94. The first-order valence-electron chi connectivity index (χ1n) is 4.17. The molecule has 0 aliphatic rings. The Bertz CT molecular complexity index is 284. The molecule has 0 amide bonds. The maximum atomic E-state index is 9.67. The average Bonchev–Trinajstić information content (AvgIpc) is 2.17. The van der Waals surface area contributed by atoms with E-state index in [4.69, 9.17) is 0 Å². The second-order valence-corrected chi connectivity index (χ2v) is 3.05. The van der Waals surface area contributed by atoms with E-state index in [1.807, 2.05) is 26.0 Å². The molecular weight excluding hydrogens is 164 g/mol. The molecule has 0 aliphatic heterocycles. The van der Waals surface area contributed by atoms with Gasteiger partial charge in [-0.1, -0.05) is 18.2 Å². The molecule has 0 fully saturated rings. The Morgan fingerprint density at radius 3 is 2.77 bits per heavy atom. The number of anilines is 1. The van der Waals surface area contributed by atoms with Gasteiger partial charge in [0.1, 0.15) is 0 Å². The second kappa shape index (κ2) is 4.05. The third-order valence-corrected chi connectivity index (χ3v) is 1.96. The third-order valence-electron chi connectivity index (χ3n) is 1.96. The smallest absolute Gasteiger partial charge is 0.152 e. The van der Waals surface area contributed by atoms with E-state index in [1.54, 1.807) is 12.3 Å². The fourth-order valence-corrected chi connectivity index (χ4v) is 0.896. The molecule has 0 bridgehead atoms. The van der Waals surface area contributed by atoms with E-state index < -0.39 is 0 Å². The molecule has 1 rings (SSSR count). The van der Waals surface area contributed by atoms with Gasteiger partial charge in [0.25, 0.3) is 0 Å². The molecule has 1 unspecified atom stereocenters. The van der Waals surface area contributed by atoms with Gasteiger partial charge in [-0.05, 0) is 26.0 Å². The molecule has 0 radical (unpaired) electrons. The van der Waals surface area contributed by atoms with Crippen molar-refractivity contribution in [1.29, 1.82) is 0 Å². The standard InChI is InChI=1S/C10H14N2O/c1-8(2)9(3)12(13)10-6-4-5-7-11-10/h4-7,9,13H,1H2,2-3H3. The van der Waals surface area contributed by atoms with Crippen LogP contribution in [0.4, 0.5) is 5.82 Å². The van der Waals surface area contributed by atoms with Crippen LogP contribution in [0.25, 0.3) is 0 Å². The van der Waals surface area contributed by atoms with Crippen molar-refractivity contribution in [2.45, 2.75) is 19.9 Å². The van der Waals surface area contributed by atoms with Crippen molar-refractivity contribution in [2.24, 2.45) is 0 Å². The molecule has 70 valence electrons. The highest BCUT2D eigenvalue weighted by Crippen LogP contribution is 2.13. The SMILES string of the molecule is C=C(C)C(C)N(O)c1ccccn1. The van der Waals surface area contributed by atoms with Crippen molar-refractivity contribution in [3.63, 3.8) is 0 Å². The van der Waals surface area contributed by atoms with E-state index in [1.165, 1.54) is 0 Å². The van der Waals surface area contributed by atoms with Crippen LogP contribution in [-0.4, -0.2) is 16.2 Å². The number of hydrogen-bond donors (Lipinski definition) is 1. The third kappa shape index (κ3) is 2.29. The fraction of sp³-hybridized carbons (Fsp3) is 0.300. The quantitative estimate of drug-likeness (QED) is 0.569. The first-order valence-corrected chi connectivity index (χ1v) is 4.17. The van der Waals surface area contributed by atoms with Crippen molar-refractivity contribution in [1.82, 2.24) is 4.98 Å². The minimum absolute atomic E-state index is 0.116. The number of pyridine rings is 1. The molecule has 1 N–H and O–H groups in total. The minimum Gasteiger partial charge on any atom is -0.286 e. The molecule has 1 aromatic rings. The molecule has 0 aromatic carbocycles. The molecule has 13 heavy (non-hydrogen) atoms. The van der Waals surface area contributed by atoms with Gasteiger partial charge >= 0.3 is 0 Å². The van der Waals surface area contributed by atoms with Crippen LogP contribution in [0.1, 0.15) is 13.8 Å². The largest absolute Gasteiger partial charge is 0.286 e. The Kier molecular flexibility index (Phi) is 3.03. The summed E-state index contributed by atoms with van der Waals surface area (Å²) in [5.41, 5.74) is 0.896. The monoisotopic (exact) mass is 178 g/mol. The summed E-state index contributed by atoms with van der Waals surface area (Å²) in [5.74, 6) is 0.540. The fourth-order valence-electron chi connectivity index (χ4n) is 0.896. The summed E-state index contributed by atoms with van der Waals surface area (Å²) in [6.45, 7) is 7.52. The molecule has 1 aromatic heterocycles. The van der Waals surface area contributed by atoms with Crippen molar-refractivity contribution in [2.75, 3.05) is 5.06 Å². The molecule has 0 saturated carbocycles. The first-order chi connectivity index (χ1) is 6.13. The maximum Gasteiger partial charge on any atom is 0.152 e. The van der Waals surface area contributed by atoms with Crippen LogP contribution < -0.4 is 5.06 Å². The van der Waals surface area contributed by atoms with Crippen molar-refractivity contribution in [3.05, 3.63) is 36.5 Å². The summed E-state index contributed by atoms with van der Waals surface area (Å²) in [7, 11) is 0. The lowest BCUT2D eigenvalue weighted by Crippen LogP contribution is -2.30. The van der Waals surface area contributed by atoms with Crippen LogP contribution in [0.15, 0.2) is 36.5 Å². The summed E-state index contributed by atoms with van der Waals surface area (Å²) in [6, 6.07) is 5.27. The summed E-state index contributed by atoms with van der Waals surface area (Å²) in [6.07, 6.45) is 1.64. The van der Waals surface area contributed by atoms with Gasteiger partial charge in [-0.25, -0.2) is 10.0 Å². The van der Waals surface area contributed by atoms with Gasteiger partial charge in [0.2, 0.25) is 0 Å². The van der Waals surface area contributed by atoms with Gasteiger partial charge in [0, 0.05) is 6.20 Å². The lowest BCUT2D eigenvalue weighted by atomic mass is 10.2. The molecule has 0 aliphatic carbocycles. The van der Waals surface area contributed by atoms with Gasteiger partial charge in [0.05, 0.1) is 6.04 Å². The number of aromatic nitrogens is 1. The molecular formula is C10H14N2O. The molecule has 0 spiro atoms. The molecule has 0 saturated heterocycles. The number of hydroxylamine groups is 1. The maximum absolute atomic E-state index is 9.67. The van der Waals surface area contributed by atoms with E-state index >= 15 is 0 Å². The summed E-state index contributed by atoms with van der Waals surface area (Å²) in [5, 5.41) is 10.8. The highest BCUT2D eigenvalue weighted by molar-refractivity contribution is 5.37. The molecule has 1 heterocycles. The van der Waals surface area contributed by atoms with E-state index in [0.717, 1.165) is 10.6 Å². The molecule has 1 atom stereocenters. The van der Waals surface area contributed by atoms with Gasteiger partial charge in [-0.15, -0.1) is 0 Å². The first kappa shape index (κ1) is 9.74. The van der Waals surface area contributed by atoms with Crippen LogP contribution >= 0.6 is 0 Å². The predicted octanol–water partition coefficient (Wildman–Crippen LogP) is 2.24. The minimum atomic E-state index is -0.116. The van der Waals surface area contributed by atoms with Crippen LogP contribution in [0, 0.1) is 0 Å². The van der Waals surface area contributed by atoms with Crippen LogP contribution in [0.2, 0.25) is 0 Å². The van der Waals surface area contributed by atoms with Crippen molar-refractivity contribution in [3.8, 4) is 0 Å². The van der Waals surface area contributed by atoms with E-state index in [2.05, 4.69) is 11.6 Å². The number of hydrogen-bond acceptors (Lipinski definition) is 3. The van der Waals surface area contributed by atoms with Crippen molar-refractivity contribution < 1.29 is 5.21 Å². The van der Waals surface area contributed by atoms with E-state index in [0.29, 0.717) is 5.82 Å². The predicted molar refractivity (Wildman–Crippen MR) is 52.8 cm³/mol. The van der Waals surface area contributed by atoms with Crippen LogP contribution in [0.5, 0.6) is 0 Å². The normalized spacial score (nSPS) is 12.2. The average molecular weight is 178 g/mol. The van der Waals surface area contributed by atoms with Crippen LogP contribution in [-0.2, 0) is 0 Å². The van der Waals surface area contributed by atoms with E-state index in [-0.39, 0.29) is 6.04 Å². The topological polar surface area (TPSA) is 36.4 Å². The second-order valence-electron chi connectivity index (χ2n) is 3.05. The highest BCUT2D eigenvalue weighted by Gasteiger charge is 2.12. The Labute approximate surface area is 78.3 Å². The van der Waals surface area contributed by atoms with Gasteiger partial charge < -0.3 is 0 Å². The Morgan fingerprint density at radius 2 is 2.31 bits per heavy atom. The summed E-state index contributed by atoms with van der Waals surface area (Å²) in [4.78, 5) is 4.02. The zero-order chi connectivity index (χ0) is 9.84. The lowest BCUT2D eigenvalue weighted by Gasteiger charge is -2.23. The highest BCUT2D eigenvalue weighted by atomic mass is 16.5.